The second-order valence-corrected chi connectivity index (χ2v) is 3.84. The van der Waals surface area contributed by atoms with Crippen LogP contribution in [0.1, 0.15) is 19.3 Å². The molecule has 1 aliphatic rings. The standard InChI is InChI=1S/C9H19N3O/c1-12(5-4-9(11)13)8(6-10)7-2-3-7/h7-8H,2-6,10H2,1H3,(H2,11,13). The summed E-state index contributed by atoms with van der Waals surface area (Å²) in [4.78, 5) is 12.7. The van der Waals surface area contributed by atoms with Gasteiger partial charge in [0.1, 0.15) is 0 Å². The summed E-state index contributed by atoms with van der Waals surface area (Å²) in [5.41, 5.74) is 10.7. The number of nitrogens with zero attached hydrogens (tertiary/aromatic N) is 1. The number of primary amides is 1. The lowest BCUT2D eigenvalue weighted by Crippen LogP contribution is -2.41. The third-order valence-corrected chi connectivity index (χ3v) is 2.68. The fourth-order valence-corrected chi connectivity index (χ4v) is 1.67. The number of hydrogen-bond donors (Lipinski definition) is 2. The molecule has 4 heteroatoms. The monoisotopic (exact) mass is 185 g/mol. The minimum atomic E-state index is -0.238. The third-order valence-electron chi connectivity index (χ3n) is 2.68. The van der Waals surface area contributed by atoms with E-state index in [4.69, 9.17) is 11.5 Å². The van der Waals surface area contributed by atoms with Gasteiger partial charge >= 0.3 is 0 Å². The number of carbonyl (C=O) groups excluding carboxylic acids is 1. The van der Waals surface area contributed by atoms with Gasteiger partial charge in [-0.05, 0) is 25.8 Å². The Kier molecular flexibility index (Phi) is 3.69. The molecule has 1 atom stereocenters. The molecular weight excluding hydrogens is 166 g/mol. The first kappa shape index (κ1) is 10.5. The Bertz CT molecular complexity index is 180. The summed E-state index contributed by atoms with van der Waals surface area (Å²) in [6.45, 7) is 1.41. The maximum atomic E-state index is 10.6. The lowest BCUT2D eigenvalue weighted by atomic mass is 10.1. The molecule has 0 saturated heterocycles. The number of amides is 1. The van der Waals surface area contributed by atoms with Crippen LogP contribution in [0.15, 0.2) is 0 Å². The summed E-state index contributed by atoms with van der Waals surface area (Å²) in [6.07, 6.45) is 2.99. The molecule has 0 bridgehead atoms. The maximum Gasteiger partial charge on any atom is 0.218 e. The van der Waals surface area contributed by atoms with Gasteiger partial charge < -0.3 is 16.4 Å². The lowest BCUT2D eigenvalue weighted by Gasteiger charge is -2.26. The molecule has 0 aliphatic heterocycles. The van der Waals surface area contributed by atoms with E-state index in [-0.39, 0.29) is 5.91 Å². The van der Waals surface area contributed by atoms with Gasteiger partial charge in [-0.1, -0.05) is 0 Å². The topological polar surface area (TPSA) is 72.3 Å². The fourth-order valence-electron chi connectivity index (χ4n) is 1.67. The van der Waals surface area contributed by atoms with Crippen LogP contribution in [0.4, 0.5) is 0 Å². The number of likely N-dealkylation sites (N-methyl/N-ethyl adjacent to an activating group) is 1. The van der Waals surface area contributed by atoms with Gasteiger partial charge in [0, 0.05) is 25.6 Å². The van der Waals surface area contributed by atoms with E-state index in [0.29, 0.717) is 19.0 Å². The van der Waals surface area contributed by atoms with E-state index in [9.17, 15) is 4.79 Å². The fraction of sp³-hybridized carbons (Fsp3) is 0.889. The first-order chi connectivity index (χ1) is 6.15. The van der Waals surface area contributed by atoms with Gasteiger partial charge in [-0.3, -0.25) is 4.79 Å². The molecule has 0 aromatic heterocycles. The minimum absolute atomic E-state index is 0.238. The predicted octanol–water partition coefficient (Wildman–Crippen LogP) is -0.469. The molecule has 1 rings (SSSR count). The van der Waals surface area contributed by atoms with E-state index in [0.717, 1.165) is 12.5 Å². The van der Waals surface area contributed by atoms with Crippen LogP contribution in [0.2, 0.25) is 0 Å². The smallest absolute Gasteiger partial charge is 0.218 e. The van der Waals surface area contributed by atoms with Crippen molar-refractivity contribution in [2.75, 3.05) is 20.1 Å². The van der Waals surface area contributed by atoms with Crippen LogP contribution in [0.3, 0.4) is 0 Å². The van der Waals surface area contributed by atoms with Gasteiger partial charge in [-0.25, -0.2) is 0 Å². The average molecular weight is 185 g/mol. The van der Waals surface area contributed by atoms with Crippen LogP contribution < -0.4 is 11.5 Å². The number of nitrogens with two attached hydrogens (primary N) is 2. The van der Waals surface area contributed by atoms with Crippen molar-refractivity contribution in [3.05, 3.63) is 0 Å². The highest BCUT2D eigenvalue weighted by molar-refractivity contribution is 5.73. The van der Waals surface area contributed by atoms with Crippen molar-refractivity contribution in [1.29, 1.82) is 0 Å². The van der Waals surface area contributed by atoms with Gasteiger partial charge in [-0.2, -0.15) is 0 Å². The molecule has 76 valence electrons. The van der Waals surface area contributed by atoms with Crippen molar-refractivity contribution >= 4 is 5.91 Å². The number of hydrogen-bond acceptors (Lipinski definition) is 3. The van der Waals surface area contributed by atoms with Gasteiger partial charge in [0.05, 0.1) is 0 Å². The molecular formula is C9H19N3O. The average Bonchev–Trinajstić information content (AvgIpc) is 2.86. The highest BCUT2D eigenvalue weighted by atomic mass is 16.1. The molecule has 4 nitrogen and oxygen atoms in total. The largest absolute Gasteiger partial charge is 0.370 e. The predicted molar refractivity (Wildman–Crippen MR) is 52.0 cm³/mol. The van der Waals surface area contributed by atoms with Gasteiger partial charge in [0.25, 0.3) is 0 Å². The lowest BCUT2D eigenvalue weighted by molar-refractivity contribution is -0.118. The highest BCUT2D eigenvalue weighted by Crippen LogP contribution is 2.34. The van der Waals surface area contributed by atoms with Crippen LogP contribution >= 0.6 is 0 Å². The van der Waals surface area contributed by atoms with Crippen LogP contribution in [0.25, 0.3) is 0 Å². The second-order valence-electron chi connectivity index (χ2n) is 3.84. The molecule has 1 saturated carbocycles. The normalized spacial score (nSPS) is 19.0. The summed E-state index contributed by atoms with van der Waals surface area (Å²) in [6, 6.07) is 0.444. The van der Waals surface area contributed by atoms with Gasteiger partial charge in [0.2, 0.25) is 5.91 Å². The van der Waals surface area contributed by atoms with E-state index < -0.39 is 0 Å². The highest BCUT2D eigenvalue weighted by Gasteiger charge is 2.32. The van der Waals surface area contributed by atoms with Crippen LogP contribution in [-0.4, -0.2) is 37.0 Å². The maximum absolute atomic E-state index is 10.6. The molecule has 0 radical (unpaired) electrons. The van der Waals surface area contributed by atoms with Crippen LogP contribution in [-0.2, 0) is 4.79 Å². The molecule has 0 aromatic carbocycles. The summed E-state index contributed by atoms with van der Waals surface area (Å²) < 4.78 is 0. The summed E-state index contributed by atoms with van der Waals surface area (Å²) in [5, 5.41) is 0. The number of rotatable bonds is 6. The molecule has 1 unspecified atom stereocenters. The van der Waals surface area contributed by atoms with Crippen LogP contribution in [0.5, 0.6) is 0 Å². The molecule has 0 spiro atoms. The van der Waals surface area contributed by atoms with E-state index in [1.54, 1.807) is 0 Å². The Morgan fingerprint density at radius 2 is 2.23 bits per heavy atom. The van der Waals surface area contributed by atoms with Gasteiger partial charge in [0.15, 0.2) is 0 Å². The van der Waals surface area contributed by atoms with Crippen molar-refractivity contribution in [2.45, 2.75) is 25.3 Å². The van der Waals surface area contributed by atoms with Crippen molar-refractivity contribution in [3.8, 4) is 0 Å². The van der Waals surface area contributed by atoms with Gasteiger partial charge in [-0.15, -0.1) is 0 Å². The molecule has 13 heavy (non-hydrogen) atoms. The second kappa shape index (κ2) is 4.58. The molecule has 0 heterocycles. The zero-order valence-corrected chi connectivity index (χ0v) is 8.20. The summed E-state index contributed by atoms with van der Waals surface area (Å²) in [7, 11) is 2.01. The zero-order valence-electron chi connectivity index (χ0n) is 8.20. The summed E-state index contributed by atoms with van der Waals surface area (Å²) in [5.74, 6) is 0.515. The zero-order chi connectivity index (χ0) is 9.84. The van der Waals surface area contributed by atoms with Crippen molar-refractivity contribution in [3.63, 3.8) is 0 Å². The molecule has 4 N–H and O–H groups in total. The van der Waals surface area contributed by atoms with Crippen molar-refractivity contribution in [1.82, 2.24) is 4.90 Å². The Labute approximate surface area is 79.3 Å². The Hall–Kier alpha value is -0.610. The van der Waals surface area contributed by atoms with E-state index >= 15 is 0 Å². The van der Waals surface area contributed by atoms with Crippen molar-refractivity contribution < 1.29 is 4.79 Å². The minimum Gasteiger partial charge on any atom is -0.370 e. The first-order valence-corrected chi connectivity index (χ1v) is 4.83. The Morgan fingerprint density at radius 3 is 2.62 bits per heavy atom. The third kappa shape index (κ3) is 3.32. The first-order valence-electron chi connectivity index (χ1n) is 4.83. The van der Waals surface area contributed by atoms with Crippen LogP contribution in [0, 0.1) is 5.92 Å². The van der Waals surface area contributed by atoms with E-state index in [1.807, 2.05) is 7.05 Å². The molecule has 1 fully saturated rings. The Morgan fingerprint density at radius 1 is 1.62 bits per heavy atom. The molecule has 0 aromatic rings. The van der Waals surface area contributed by atoms with Crippen molar-refractivity contribution in [2.24, 2.45) is 17.4 Å². The Balaban J connectivity index is 2.26. The van der Waals surface area contributed by atoms with E-state index in [1.165, 1.54) is 12.8 Å². The number of carbonyl (C=O) groups is 1. The molecule has 1 aliphatic carbocycles. The summed E-state index contributed by atoms with van der Waals surface area (Å²) >= 11 is 0. The molecule has 1 amide bonds. The van der Waals surface area contributed by atoms with E-state index in [2.05, 4.69) is 4.90 Å². The quantitative estimate of drug-likeness (QED) is 0.587. The SMILES string of the molecule is CN(CCC(N)=O)C(CN)C1CC1.